The summed E-state index contributed by atoms with van der Waals surface area (Å²) in [5.74, 6) is 0. The predicted molar refractivity (Wildman–Crippen MR) is 88.3 cm³/mol. The van der Waals surface area contributed by atoms with Gasteiger partial charge < -0.3 is 10.7 Å². The first kappa shape index (κ1) is 14.6. The zero-order chi connectivity index (χ0) is 15.6. The molecule has 114 valence electrons. The summed E-state index contributed by atoms with van der Waals surface area (Å²) in [4.78, 5) is 3.37. The van der Waals surface area contributed by atoms with E-state index in [0.29, 0.717) is 18.7 Å². The third kappa shape index (κ3) is 2.84. The number of sulfonamides is 1. The summed E-state index contributed by atoms with van der Waals surface area (Å²) in [6.45, 7) is 0.520. The number of para-hydroxylation sites is 1. The highest BCUT2D eigenvalue weighted by Gasteiger charge is 2.15. The van der Waals surface area contributed by atoms with E-state index in [1.54, 1.807) is 42.5 Å². The normalized spacial score (nSPS) is 11.7. The average molecular weight is 315 g/mol. The van der Waals surface area contributed by atoms with Gasteiger partial charge in [-0.1, -0.05) is 18.2 Å². The lowest BCUT2D eigenvalue weighted by atomic mass is 10.1. The standard InChI is InChI=1S/C16H17N3O2S/c17-9-8-12-11-18-16-7-6-14(10-15(12)16)22(20,21)19-13-4-2-1-3-5-13/h1-7,10-11,18-19H,8-9,17H2. The second-order valence-corrected chi connectivity index (χ2v) is 6.71. The van der Waals surface area contributed by atoms with Crippen molar-refractivity contribution in [3.05, 3.63) is 60.3 Å². The third-order valence-corrected chi connectivity index (χ3v) is 4.87. The minimum absolute atomic E-state index is 0.238. The highest BCUT2D eigenvalue weighted by Crippen LogP contribution is 2.24. The molecule has 0 radical (unpaired) electrons. The van der Waals surface area contributed by atoms with Crippen LogP contribution in [0.4, 0.5) is 5.69 Å². The Labute approximate surface area is 129 Å². The van der Waals surface area contributed by atoms with E-state index >= 15 is 0 Å². The SMILES string of the molecule is NCCc1c[nH]c2ccc(S(=O)(=O)Nc3ccccc3)cc12. The number of anilines is 1. The fraction of sp³-hybridized carbons (Fsp3) is 0.125. The molecule has 0 bridgehead atoms. The van der Waals surface area contributed by atoms with Crippen molar-refractivity contribution in [3.8, 4) is 0 Å². The van der Waals surface area contributed by atoms with E-state index in [0.717, 1.165) is 16.5 Å². The molecule has 6 heteroatoms. The average Bonchev–Trinajstić information content (AvgIpc) is 2.91. The molecule has 0 unspecified atom stereocenters. The Bertz CT molecular complexity index is 886. The molecule has 1 heterocycles. The smallest absolute Gasteiger partial charge is 0.261 e. The molecule has 0 fully saturated rings. The van der Waals surface area contributed by atoms with Crippen molar-refractivity contribution in [2.75, 3.05) is 11.3 Å². The lowest BCUT2D eigenvalue weighted by molar-refractivity contribution is 0.601. The summed E-state index contributed by atoms with van der Waals surface area (Å²) in [7, 11) is -3.61. The Morgan fingerprint density at radius 1 is 1.09 bits per heavy atom. The van der Waals surface area contributed by atoms with Crippen LogP contribution in [0.3, 0.4) is 0 Å². The van der Waals surface area contributed by atoms with Gasteiger partial charge in [0.15, 0.2) is 0 Å². The number of hydrogen-bond acceptors (Lipinski definition) is 3. The number of H-pyrrole nitrogens is 1. The minimum Gasteiger partial charge on any atom is -0.361 e. The maximum atomic E-state index is 12.5. The second-order valence-electron chi connectivity index (χ2n) is 5.03. The van der Waals surface area contributed by atoms with Gasteiger partial charge in [-0.2, -0.15) is 0 Å². The Morgan fingerprint density at radius 2 is 1.86 bits per heavy atom. The summed E-state index contributed by atoms with van der Waals surface area (Å²) in [6.07, 6.45) is 2.58. The van der Waals surface area contributed by atoms with Crippen LogP contribution in [0.5, 0.6) is 0 Å². The van der Waals surface area contributed by atoms with E-state index < -0.39 is 10.0 Å². The number of fused-ring (bicyclic) bond motifs is 1. The molecular weight excluding hydrogens is 298 g/mol. The van der Waals surface area contributed by atoms with Crippen LogP contribution in [0.15, 0.2) is 59.6 Å². The summed E-state index contributed by atoms with van der Waals surface area (Å²) in [5, 5.41) is 0.890. The van der Waals surface area contributed by atoms with Gasteiger partial charge in [0.2, 0.25) is 0 Å². The van der Waals surface area contributed by atoms with Gasteiger partial charge in [0.1, 0.15) is 0 Å². The summed E-state index contributed by atoms with van der Waals surface area (Å²) in [6, 6.07) is 13.9. The quantitative estimate of drug-likeness (QED) is 0.676. The van der Waals surface area contributed by atoms with Gasteiger partial charge >= 0.3 is 0 Å². The fourth-order valence-electron chi connectivity index (χ4n) is 2.41. The van der Waals surface area contributed by atoms with Crippen molar-refractivity contribution in [2.24, 2.45) is 5.73 Å². The maximum absolute atomic E-state index is 12.5. The first-order valence-corrected chi connectivity index (χ1v) is 8.46. The molecule has 0 aliphatic rings. The van der Waals surface area contributed by atoms with Gasteiger partial charge in [-0.05, 0) is 48.9 Å². The van der Waals surface area contributed by atoms with Crippen molar-refractivity contribution in [2.45, 2.75) is 11.3 Å². The Balaban J connectivity index is 1.99. The zero-order valence-corrected chi connectivity index (χ0v) is 12.7. The number of aromatic nitrogens is 1. The second kappa shape index (κ2) is 5.82. The van der Waals surface area contributed by atoms with E-state index in [1.807, 2.05) is 12.3 Å². The van der Waals surface area contributed by atoms with Gasteiger partial charge in [-0.3, -0.25) is 4.72 Å². The van der Waals surface area contributed by atoms with Crippen LogP contribution in [-0.4, -0.2) is 19.9 Å². The molecule has 2 aromatic carbocycles. The minimum atomic E-state index is -3.61. The Hall–Kier alpha value is -2.31. The van der Waals surface area contributed by atoms with E-state index in [1.165, 1.54) is 0 Å². The predicted octanol–water partition coefficient (Wildman–Crippen LogP) is 2.47. The van der Waals surface area contributed by atoms with Crippen molar-refractivity contribution in [3.63, 3.8) is 0 Å². The Kier molecular flexibility index (Phi) is 3.87. The number of nitrogens with one attached hydrogen (secondary N) is 2. The van der Waals surface area contributed by atoms with Gasteiger partial charge in [-0.25, -0.2) is 8.42 Å². The first-order chi connectivity index (χ1) is 10.6. The number of rotatable bonds is 5. The van der Waals surface area contributed by atoms with Crippen LogP contribution in [0, 0.1) is 0 Å². The van der Waals surface area contributed by atoms with E-state index in [4.69, 9.17) is 5.73 Å². The van der Waals surface area contributed by atoms with Gasteiger partial charge in [-0.15, -0.1) is 0 Å². The molecule has 0 saturated heterocycles. The van der Waals surface area contributed by atoms with Crippen molar-refractivity contribution in [1.29, 1.82) is 0 Å². The molecule has 0 aliphatic carbocycles. The summed E-state index contributed by atoms with van der Waals surface area (Å²) in [5.41, 5.74) is 8.06. The number of hydrogen-bond donors (Lipinski definition) is 3. The fourth-order valence-corrected chi connectivity index (χ4v) is 3.49. The van der Waals surface area contributed by atoms with Crippen LogP contribution in [0.25, 0.3) is 10.9 Å². The van der Waals surface area contributed by atoms with Crippen molar-refractivity contribution >= 4 is 26.6 Å². The summed E-state index contributed by atoms with van der Waals surface area (Å²) >= 11 is 0. The molecule has 3 rings (SSSR count). The van der Waals surface area contributed by atoms with Crippen molar-refractivity contribution in [1.82, 2.24) is 4.98 Å². The highest BCUT2D eigenvalue weighted by atomic mass is 32.2. The molecule has 4 N–H and O–H groups in total. The van der Waals surface area contributed by atoms with Gasteiger partial charge in [0, 0.05) is 22.8 Å². The lowest BCUT2D eigenvalue weighted by Crippen LogP contribution is -2.12. The topological polar surface area (TPSA) is 88.0 Å². The Morgan fingerprint density at radius 3 is 2.59 bits per heavy atom. The zero-order valence-electron chi connectivity index (χ0n) is 11.9. The molecule has 0 aliphatic heterocycles. The van der Waals surface area contributed by atoms with E-state index in [2.05, 4.69) is 9.71 Å². The molecule has 0 saturated carbocycles. The molecule has 0 amide bonds. The molecule has 5 nitrogen and oxygen atoms in total. The first-order valence-electron chi connectivity index (χ1n) is 6.98. The largest absolute Gasteiger partial charge is 0.361 e. The summed E-state index contributed by atoms with van der Waals surface area (Å²) < 4.78 is 27.6. The number of nitrogens with two attached hydrogens (primary N) is 1. The third-order valence-electron chi connectivity index (χ3n) is 3.49. The molecule has 1 aromatic heterocycles. The van der Waals surface area contributed by atoms with Gasteiger partial charge in [0.05, 0.1) is 4.90 Å². The lowest BCUT2D eigenvalue weighted by Gasteiger charge is -2.08. The molecule has 0 spiro atoms. The maximum Gasteiger partial charge on any atom is 0.261 e. The number of aromatic amines is 1. The van der Waals surface area contributed by atoms with Crippen LogP contribution in [0.1, 0.15) is 5.56 Å². The van der Waals surface area contributed by atoms with E-state index in [9.17, 15) is 8.42 Å². The van der Waals surface area contributed by atoms with Crippen LogP contribution < -0.4 is 10.5 Å². The molecular formula is C16H17N3O2S. The van der Waals surface area contributed by atoms with Crippen molar-refractivity contribution < 1.29 is 8.42 Å². The molecule has 3 aromatic rings. The molecule has 22 heavy (non-hydrogen) atoms. The highest BCUT2D eigenvalue weighted by molar-refractivity contribution is 7.92. The number of benzene rings is 2. The van der Waals surface area contributed by atoms with Gasteiger partial charge in [0.25, 0.3) is 10.0 Å². The monoisotopic (exact) mass is 315 g/mol. The molecule has 0 atom stereocenters. The van der Waals surface area contributed by atoms with Crippen LogP contribution in [0.2, 0.25) is 0 Å². The van der Waals surface area contributed by atoms with Crippen LogP contribution >= 0.6 is 0 Å². The van der Waals surface area contributed by atoms with E-state index in [-0.39, 0.29) is 4.90 Å². The van der Waals surface area contributed by atoms with Crippen LogP contribution in [-0.2, 0) is 16.4 Å².